The third-order valence-corrected chi connectivity index (χ3v) is 4.63. The number of aliphatic hydroxyl groups excluding tert-OH is 1. The van der Waals surface area contributed by atoms with Gasteiger partial charge in [0.25, 0.3) is 0 Å². The molecule has 0 aliphatic carbocycles. The van der Waals surface area contributed by atoms with Crippen molar-refractivity contribution in [3.63, 3.8) is 0 Å². The highest BCUT2D eigenvalue weighted by Gasteiger charge is 2.38. The molecule has 118 valence electrons. The summed E-state index contributed by atoms with van der Waals surface area (Å²) in [4.78, 5) is 12.1. The van der Waals surface area contributed by atoms with Crippen molar-refractivity contribution in [1.29, 1.82) is 0 Å². The molecule has 3 atom stereocenters. The second-order valence-corrected chi connectivity index (χ2v) is 9.10. The van der Waals surface area contributed by atoms with E-state index in [2.05, 4.69) is 34.6 Å². The van der Waals surface area contributed by atoms with Crippen LogP contribution in [0, 0.1) is 5.92 Å². The van der Waals surface area contributed by atoms with Gasteiger partial charge in [0.05, 0.1) is 11.7 Å². The lowest BCUT2D eigenvalue weighted by Gasteiger charge is -2.42. The molecule has 0 bridgehead atoms. The molecule has 1 fully saturated rings. The van der Waals surface area contributed by atoms with Crippen LogP contribution in [0.4, 0.5) is 0 Å². The minimum absolute atomic E-state index is 0.0419. The van der Waals surface area contributed by atoms with E-state index in [4.69, 9.17) is 4.74 Å². The summed E-state index contributed by atoms with van der Waals surface area (Å²) in [6.45, 7) is 10.6. The Bertz CT molecular complexity index is 324. The van der Waals surface area contributed by atoms with Gasteiger partial charge in [0.2, 0.25) is 0 Å². The number of hydrogen-bond acceptors (Lipinski definition) is 4. The molecule has 0 amide bonds. The fourth-order valence-corrected chi connectivity index (χ4v) is 4.04. The van der Waals surface area contributed by atoms with Crippen LogP contribution in [0.25, 0.3) is 0 Å². The molecule has 1 saturated heterocycles. The zero-order chi connectivity index (χ0) is 15.4. The minimum atomic E-state index is -0.183. The fraction of sp³-hybridized carbons (Fsp3) is 0.938. The highest BCUT2D eigenvalue weighted by Crippen LogP contribution is 2.38. The highest BCUT2D eigenvalue weighted by atomic mass is 32.2. The molecule has 1 aliphatic rings. The topological polar surface area (TPSA) is 46.5 Å². The van der Waals surface area contributed by atoms with Gasteiger partial charge in [-0.15, -0.1) is 0 Å². The van der Waals surface area contributed by atoms with Crippen molar-refractivity contribution in [2.45, 2.75) is 83.2 Å². The number of ether oxygens (including phenoxy) is 1. The second-order valence-electron chi connectivity index (χ2n) is 7.22. The van der Waals surface area contributed by atoms with Gasteiger partial charge in [-0.25, -0.2) is 0 Å². The number of thioether (sulfide) groups is 1. The van der Waals surface area contributed by atoms with E-state index >= 15 is 0 Å². The summed E-state index contributed by atoms with van der Waals surface area (Å²) < 4.78 is 6.14. The molecule has 3 unspecified atom stereocenters. The number of hydrogen-bond donors (Lipinski definition) is 1. The Morgan fingerprint density at radius 1 is 1.45 bits per heavy atom. The molecule has 1 aliphatic heterocycles. The van der Waals surface area contributed by atoms with E-state index in [1.807, 2.05) is 0 Å². The first-order valence-corrected chi connectivity index (χ1v) is 8.49. The van der Waals surface area contributed by atoms with Crippen LogP contribution in [0.5, 0.6) is 0 Å². The van der Waals surface area contributed by atoms with Crippen LogP contribution >= 0.6 is 11.8 Å². The average Bonchev–Trinajstić information content (AvgIpc) is 2.25. The molecule has 0 aromatic heterocycles. The lowest BCUT2D eigenvalue weighted by Crippen LogP contribution is -2.43. The Balaban J connectivity index is 2.62. The van der Waals surface area contributed by atoms with Gasteiger partial charge in [0, 0.05) is 17.8 Å². The van der Waals surface area contributed by atoms with Gasteiger partial charge in [0.1, 0.15) is 0 Å². The Hall–Kier alpha value is -0.0600. The maximum Gasteiger partial charge on any atom is 0.192 e. The average molecular weight is 302 g/mol. The molecule has 4 heteroatoms. The standard InChI is InChI=1S/C16H30O3S/c1-6-7-16(5)10-12(11-17)8-13(19-16)9-14(18)20-15(2,3)4/h12-13,17H,6-11H2,1-5H3. The van der Waals surface area contributed by atoms with E-state index in [0.717, 1.165) is 25.7 Å². The molecule has 20 heavy (non-hydrogen) atoms. The molecular weight excluding hydrogens is 272 g/mol. The van der Waals surface area contributed by atoms with E-state index in [1.54, 1.807) is 0 Å². The van der Waals surface area contributed by atoms with Crippen LogP contribution in [0.15, 0.2) is 0 Å². The Kier molecular flexibility index (Phi) is 6.55. The smallest absolute Gasteiger partial charge is 0.192 e. The fourth-order valence-electron chi connectivity index (χ4n) is 3.09. The lowest BCUT2D eigenvalue weighted by atomic mass is 9.82. The summed E-state index contributed by atoms with van der Waals surface area (Å²) in [5.74, 6) is 0.262. The summed E-state index contributed by atoms with van der Waals surface area (Å²) in [7, 11) is 0. The SMILES string of the molecule is CCCC1(C)CC(CO)CC(CC(=O)SC(C)(C)C)O1. The van der Waals surface area contributed by atoms with Crippen molar-refractivity contribution in [3.8, 4) is 0 Å². The van der Waals surface area contributed by atoms with E-state index < -0.39 is 0 Å². The van der Waals surface area contributed by atoms with Crippen LogP contribution in [-0.2, 0) is 9.53 Å². The number of carbonyl (C=O) groups is 1. The molecule has 1 rings (SSSR count). The van der Waals surface area contributed by atoms with Crippen molar-refractivity contribution >= 4 is 16.9 Å². The van der Waals surface area contributed by atoms with Crippen LogP contribution in [0.3, 0.4) is 0 Å². The molecule has 0 spiro atoms. The monoisotopic (exact) mass is 302 g/mol. The largest absolute Gasteiger partial charge is 0.396 e. The van der Waals surface area contributed by atoms with Crippen LogP contribution in [0.1, 0.15) is 66.7 Å². The molecule has 1 heterocycles. The number of rotatable bonds is 5. The van der Waals surface area contributed by atoms with E-state index in [9.17, 15) is 9.90 Å². The first kappa shape index (κ1) is 18.0. The van der Waals surface area contributed by atoms with Gasteiger partial charge >= 0.3 is 0 Å². The maximum absolute atomic E-state index is 12.1. The molecule has 1 N–H and O–H groups in total. The van der Waals surface area contributed by atoms with Crippen LogP contribution < -0.4 is 0 Å². The van der Waals surface area contributed by atoms with Gasteiger partial charge in [-0.3, -0.25) is 4.79 Å². The molecule has 0 saturated carbocycles. The van der Waals surface area contributed by atoms with Gasteiger partial charge in [0.15, 0.2) is 5.12 Å². The van der Waals surface area contributed by atoms with Crippen molar-refractivity contribution in [1.82, 2.24) is 0 Å². The third kappa shape index (κ3) is 6.15. The predicted molar refractivity (Wildman–Crippen MR) is 85.0 cm³/mol. The van der Waals surface area contributed by atoms with Gasteiger partial charge in [-0.05, 0) is 32.1 Å². The zero-order valence-corrected chi connectivity index (χ0v) is 14.4. The normalized spacial score (nSPS) is 31.3. The summed E-state index contributed by atoms with van der Waals surface area (Å²) in [5, 5.41) is 9.68. The van der Waals surface area contributed by atoms with Gasteiger partial charge in [-0.2, -0.15) is 0 Å². The van der Waals surface area contributed by atoms with Crippen molar-refractivity contribution in [3.05, 3.63) is 0 Å². The maximum atomic E-state index is 12.1. The first-order chi connectivity index (χ1) is 9.17. The minimum Gasteiger partial charge on any atom is -0.396 e. The predicted octanol–water partition coefficient (Wildman–Crippen LogP) is 3.78. The van der Waals surface area contributed by atoms with E-state index in [1.165, 1.54) is 11.8 Å². The van der Waals surface area contributed by atoms with Crippen LogP contribution in [0.2, 0.25) is 0 Å². The Morgan fingerprint density at radius 3 is 2.60 bits per heavy atom. The number of aliphatic hydroxyl groups is 1. The summed E-state index contributed by atoms with van der Waals surface area (Å²) >= 11 is 1.39. The lowest BCUT2D eigenvalue weighted by molar-refractivity contribution is -0.150. The van der Waals surface area contributed by atoms with E-state index in [-0.39, 0.29) is 34.1 Å². The second kappa shape index (κ2) is 7.28. The Morgan fingerprint density at radius 2 is 2.10 bits per heavy atom. The molecule has 0 radical (unpaired) electrons. The quantitative estimate of drug-likeness (QED) is 0.839. The van der Waals surface area contributed by atoms with Crippen LogP contribution in [-0.4, -0.2) is 33.3 Å². The molecule has 0 aromatic carbocycles. The molecule has 3 nitrogen and oxygen atoms in total. The first-order valence-electron chi connectivity index (χ1n) is 7.68. The molecule has 0 aromatic rings. The molecular formula is C16H30O3S. The van der Waals surface area contributed by atoms with Crippen molar-refractivity contribution in [2.75, 3.05) is 6.61 Å². The summed E-state index contributed by atoms with van der Waals surface area (Å²) in [6.07, 6.45) is 4.16. The Labute approximate surface area is 127 Å². The zero-order valence-electron chi connectivity index (χ0n) is 13.6. The van der Waals surface area contributed by atoms with Gasteiger partial charge in [-0.1, -0.05) is 45.9 Å². The summed E-state index contributed by atoms with van der Waals surface area (Å²) in [6, 6.07) is 0. The highest BCUT2D eigenvalue weighted by molar-refractivity contribution is 8.14. The number of carbonyl (C=O) groups excluding carboxylic acids is 1. The third-order valence-electron chi connectivity index (χ3n) is 3.62. The van der Waals surface area contributed by atoms with E-state index in [0.29, 0.717) is 6.42 Å². The van der Waals surface area contributed by atoms with Crippen molar-refractivity contribution < 1.29 is 14.6 Å². The van der Waals surface area contributed by atoms with Gasteiger partial charge < -0.3 is 9.84 Å². The van der Waals surface area contributed by atoms with Crippen molar-refractivity contribution in [2.24, 2.45) is 5.92 Å². The summed E-state index contributed by atoms with van der Waals surface area (Å²) in [5.41, 5.74) is -0.183.